The molecule has 0 bridgehead atoms. The molecule has 8 heteroatoms. The number of piperazine rings is 1. The van der Waals surface area contributed by atoms with E-state index in [2.05, 4.69) is 42.9 Å². The Morgan fingerprint density at radius 1 is 1.00 bits per heavy atom. The van der Waals surface area contributed by atoms with Crippen LogP contribution in [0.4, 0.5) is 16.3 Å². The minimum atomic E-state index is -0.193. The van der Waals surface area contributed by atoms with Crippen molar-refractivity contribution in [2.75, 3.05) is 43.4 Å². The zero-order valence-corrected chi connectivity index (χ0v) is 18.2. The van der Waals surface area contributed by atoms with Crippen LogP contribution in [0, 0.1) is 0 Å². The molecule has 2 aliphatic carbocycles. The van der Waals surface area contributed by atoms with Gasteiger partial charge in [0.25, 0.3) is 0 Å². The van der Waals surface area contributed by atoms with Gasteiger partial charge in [-0.1, -0.05) is 6.07 Å². The smallest absolute Gasteiger partial charge is 0.329 e. The highest BCUT2D eigenvalue weighted by Crippen LogP contribution is 2.38. The molecule has 1 aromatic heterocycles. The van der Waals surface area contributed by atoms with Crippen molar-refractivity contribution in [1.82, 2.24) is 19.6 Å². The number of benzene rings is 1. The van der Waals surface area contributed by atoms with Crippen molar-refractivity contribution in [2.45, 2.75) is 43.6 Å². The van der Waals surface area contributed by atoms with E-state index >= 15 is 0 Å². The first-order valence-corrected chi connectivity index (χ1v) is 11.6. The minimum absolute atomic E-state index is 0.193. The largest absolute Gasteiger partial charge is 0.353 e. The second kappa shape index (κ2) is 8.43. The molecule has 2 amide bonds. The fraction of sp³-hybridized carbons (Fsp3) is 0.500. The van der Waals surface area contributed by atoms with Crippen LogP contribution in [0.15, 0.2) is 23.5 Å². The van der Waals surface area contributed by atoms with E-state index in [0.717, 1.165) is 63.4 Å². The summed E-state index contributed by atoms with van der Waals surface area (Å²) in [5, 5.41) is 3.86. The van der Waals surface area contributed by atoms with Crippen LogP contribution in [0.2, 0.25) is 0 Å². The highest BCUT2D eigenvalue weighted by Gasteiger charge is 2.25. The first-order chi connectivity index (χ1) is 14.7. The van der Waals surface area contributed by atoms with Crippen LogP contribution in [0.3, 0.4) is 0 Å². The Kier molecular flexibility index (Phi) is 5.52. The number of carbonyl (C=O) groups is 1. The van der Waals surface area contributed by atoms with Gasteiger partial charge in [-0.15, -0.1) is 0 Å². The molecule has 1 aliphatic heterocycles. The van der Waals surface area contributed by atoms with Crippen LogP contribution in [0.25, 0.3) is 0 Å². The van der Waals surface area contributed by atoms with Gasteiger partial charge in [-0.3, -0.25) is 9.71 Å². The normalized spacial score (nSPS) is 18.2. The number of anilines is 2. The van der Waals surface area contributed by atoms with Gasteiger partial charge in [0.05, 0.1) is 12.4 Å². The van der Waals surface area contributed by atoms with Gasteiger partial charge < -0.3 is 15.1 Å². The average Bonchev–Trinajstić information content (AvgIpc) is 3.42. The molecule has 7 nitrogen and oxygen atoms in total. The number of fused-ring (bicyclic) bond motifs is 2. The summed E-state index contributed by atoms with van der Waals surface area (Å²) in [6, 6.07) is 2.18. The van der Waals surface area contributed by atoms with Crippen LogP contribution >= 0.6 is 11.9 Å². The quantitative estimate of drug-likeness (QED) is 0.735. The molecular formula is C22H28N6OS. The number of aromatic nitrogens is 2. The Hall–Kier alpha value is -2.32. The summed E-state index contributed by atoms with van der Waals surface area (Å²) in [7, 11) is 2.13. The van der Waals surface area contributed by atoms with Crippen molar-refractivity contribution in [1.29, 1.82) is 0 Å². The van der Waals surface area contributed by atoms with Gasteiger partial charge in [-0.25, -0.2) is 9.78 Å². The maximum atomic E-state index is 12.7. The van der Waals surface area contributed by atoms with Crippen molar-refractivity contribution >= 4 is 29.5 Å². The predicted molar refractivity (Wildman–Crippen MR) is 120 cm³/mol. The van der Waals surface area contributed by atoms with Crippen LogP contribution in [0.5, 0.6) is 0 Å². The summed E-state index contributed by atoms with van der Waals surface area (Å²) in [5.41, 5.74) is 6.59. The Morgan fingerprint density at radius 2 is 1.70 bits per heavy atom. The summed E-state index contributed by atoms with van der Waals surface area (Å²) in [5.74, 6) is 0.869. The summed E-state index contributed by atoms with van der Waals surface area (Å²) < 4.78 is 2.90. The third-order valence-electron chi connectivity index (χ3n) is 6.39. The molecule has 2 N–H and O–H groups in total. The van der Waals surface area contributed by atoms with E-state index in [1.165, 1.54) is 47.0 Å². The van der Waals surface area contributed by atoms with Crippen molar-refractivity contribution in [3.05, 3.63) is 40.7 Å². The van der Waals surface area contributed by atoms with E-state index in [4.69, 9.17) is 0 Å². The van der Waals surface area contributed by atoms with Gasteiger partial charge in [-0.05, 0) is 67.8 Å². The lowest BCUT2D eigenvalue weighted by Gasteiger charge is -2.33. The van der Waals surface area contributed by atoms with E-state index in [1.807, 2.05) is 0 Å². The summed E-state index contributed by atoms with van der Waals surface area (Å²) in [6.07, 6.45) is 10.2. The van der Waals surface area contributed by atoms with Crippen LogP contribution < -0.4 is 14.9 Å². The fourth-order valence-electron chi connectivity index (χ4n) is 4.78. The second-order valence-corrected chi connectivity index (χ2v) is 9.22. The summed E-state index contributed by atoms with van der Waals surface area (Å²) in [6.45, 7) is 3.92. The molecule has 0 saturated carbocycles. The number of nitrogens with zero attached hydrogens (tertiary/aromatic N) is 4. The number of nitrogens with one attached hydrogen (secondary N) is 2. The number of likely N-dealkylation sites (N-methyl/N-ethyl adjacent to an activating group) is 1. The Bertz CT molecular complexity index is 925. The molecule has 1 aromatic carbocycles. The first-order valence-electron chi connectivity index (χ1n) is 10.8. The van der Waals surface area contributed by atoms with Crippen LogP contribution in [-0.4, -0.2) is 54.1 Å². The molecule has 2 aromatic rings. The lowest BCUT2D eigenvalue weighted by atomic mass is 9.99. The summed E-state index contributed by atoms with van der Waals surface area (Å²) in [4.78, 5) is 26.3. The fourth-order valence-corrected chi connectivity index (χ4v) is 5.28. The van der Waals surface area contributed by atoms with Crippen molar-refractivity contribution in [3.63, 3.8) is 0 Å². The Labute approximate surface area is 181 Å². The molecule has 1 fully saturated rings. The van der Waals surface area contributed by atoms with E-state index in [9.17, 15) is 4.79 Å². The van der Waals surface area contributed by atoms with Gasteiger partial charge in [0, 0.05) is 43.8 Å². The van der Waals surface area contributed by atoms with E-state index in [1.54, 1.807) is 12.4 Å². The number of aryl methyl sites for hydroxylation is 2. The van der Waals surface area contributed by atoms with Crippen molar-refractivity contribution < 1.29 is 4.79 Å². The number of hydrogen-bond acceptors (Lipinski definition) is 6. The van der Waals surface area contributed by atoms with E-state index in [0.29, 0.717) is 5.03 Å². The van der Waals surface area contributed by atoms with Gasteiger partial charge in [0.15, 0.2) is 0 Å². The van der Waals surface area contributed by atoms with Crippen molar-refractivity contribution in [3.8, 4) is 0 Å². The third kappa shape index (κ3) is 3.98. The molecule has 0 unspecified atom stereocenters. The third-order valence-corrected chi connectivity index (χ3v) is 7.08. The second-order valence-electron chi connectivity index (χ2n) is 8.40. The Morgan fingerprint density at radius 3 is 2.40 bits per heavy atom. The molecule has 0 spiro atoms. The molecular weight excluding hydrogens is 396 g/mol. The lowest BCUT2D eigenvalue weighted by molar-refractivity contribution is 0.257. The van der Waals surface area contributed by atoms with Crippen LogP contribution in [0.1, 0.15) is 35.1 Å². The molecule has 0 atom stereocenters. The topological polar surface area (TPSA) is 73.4 Å². The molecule has 3 aliphatic rings. The van der Waals surface area contributed by atoms with Crippen molar-refractivity contribution in [2.24, 2.45) is 0 Å². The van der Waals surface area contributed by atoms with Gasteiger partial charge in [-0.2, -0.15) is 0 Å². The molecule has 1 saturated heterocycles. The van der Waals surface area contributed by atoms with Gasteiger partial charge in [0.2, 0.25) is 0 Å². The molecule has 5 rings (SSSR count). The zero-order valence-electron chi connectivity index (χ0n) is 17.4. The Balaban J connectivity index is 1.24. The highest BCUT2D eigenvalue weighted by molar-refractivity contribution is 7.97. The van der Waals surface area contributed by atoms with E-state index in [-0.39, 0.29) is 6.03 Å². The number of amides is 2. The summed E-state index contributed by atoms with van der Waals surface area (Å²) >= 11 is 1.22. The number of hydrogen-bond donors (Lipinski definition) is 2. The minimum Gasteiger partial charge on any atom is -0.353 e. The monoisotopic (exact) mass is 424 g/mol. The average molecular weight is 425 g/mol. The molecule has 158 valence electrons. The number of urea groups is 1. The van der Waals surface area contributed by atoms with Gasteiger partial charge in [0.1, 0.15) is 10.8 Å². The highest BCUT2D eigenvalue weighted by atomic mass is 32.2. The van der Waals surface area contributed by atoms with Crippen LogP contribution in [-0.2, 0) is 25.7 Å². The maximum absolute atomic E-state index is 12.7. The van der Waals surface area contributed by atoms with E-state index < -0.39 is 0 Å². The molecule has 0 radical (unpaired) electrons. The SMILES string of the molecule is CN1CCN(c2cncc(SNC(=O)Nc3c4c(cc5c3CCC5)CCC4)n2)CC1. The standard InChI is InChI=1S/C22H28N6OS/c1-27-8-10-28(11-9-27)19-13-23-14-20(24-19)30-26-22(29)25-21-17-6-2-4-15(17)12-16-5-3-7-18(16)21/h12-14H,2-11H2,1H3,(H2,25,26,29). The number of rotatable bonds is 4. The zero-order chi connectivity index (χ0) is 20.5. The maximum Gasteiger partial charge on any atom is 0.329 e. The van der Waals surface area contributed by atoms with Gasteiger partial charge >= 0.3 is 6.03 Å². The number of carbonyl (C=O) groups excluding carboxylic acids is 1. The first kappa shape index (κ1) is 19.6. The lowest BCUT2D eigenvalue weighted by Crippen LogP contribution is -2.44. The molecule has 30 heavy (non-hydrogen) atoms. The predicted octanol–water partition coefficient (Wildman–Crippen LogP) is 3.03. The molecule has 2 heterocycles.